The Morgan fingerprint density at radius 3 is 2.82 bits per heavy atom. The van der Waals surface area contributed by atoms with Crippen LogP contribution in [-0.4, -0.2) is 22.0 Å². The molecule has 0 amide bonds. The summed E-state index contributed by atoms with van der Waals surface area (Å²) in [5, 5.41) is 20.3. The van der Waals surface area contributed by atoms with E-state index in [-0.39, 0.29) is 0 Å². The van der Waals surface area contributed by atoms with Gasteiger partial charge in [0.25, 0.3) is 0 Å². The Balaban J connectivity index is 2.21. The summed E-state index contributed by atoms with van der Waals surface area (Å²) in [6.45, 7) is 0. The maximum absolute atomic E-state index is 10.2. The summed E-state index contributed by atoms with van der Waals surface area (Å²) >= 11 is 0. The van der Waals surface area contributed by atoms with Crippen molar-refractivity contribution in [3.8, 4) is 0 Å². The number of nitrogens with zero attached hydrogens (tertiary/aromatic N) is 1. The monoisotopic (exact) mass is 227 g/mol. The molecule has 1 heterocycles. The Morgan fingerprint density at radius 2 is 1.94 bits per heavy atom. The molecule has 2 atom stereocenters. The topological polar surface area (TPSA) is 52.8 Å². The molecule has 3 heteroatoms. The first-order chi connectivity index (χ1) is 8.27. The third-order valence-electron chi connectivity index (χ3n) is 3.16. The van der Waals surface area contributed by atoms with E-state index in [1.165, 1.54) is 0 Å². The van der Waals surface area contributed by atoms with Gasteiger partial charge < -0.3 is 10.2 Å². The van der Waals surface area contributed by atoms with Crippen molar-refractivity contribution < 1.29 is 10.2 Å². The molecule has 0 saturated heterocycles. The number of aliphatic imine (C=N–C) groups is 1. The second-order valence-corrected chi connectivity index (χ2v) is 4.24. The number of aliphatic hydroxyl groups excluding tert-OH is 2. The Hall–Kier alpha value is -1.71. The Kier molecular flexibility index (Phi) is 2.42. The van der Waals surface area contributed by atoms with Crippen LogP contribution in [0.3, 0.4) is 0 Å². The molecule has 1 aliphatic carbocycles. The van der Waals surface area contributed by atoms with E-state index < -0.39 is 12.2 Å². The first kappa shape index (κ1) is 10.4. The van der Waals surface area contributed by atoms with Crippen molar-refractivity contribution in [3.63, 3.8) is 0 Å². The number of fused-ring (bicyclic) bond motifs is 2. The molecule has 17 heavy (non-hydrogen) atoms. The summed E-state index contributed by atoms with van der Waals surface area (Å²) in [5.74, 6) is 0. The summed E-state index contributed by atoms with van der Waals surface area (Å²) in [4.78, 5) is 4.50. The Bertz CT molecular complexity index is 543. The van der Waals surface area contributed by atoms with Gasteiger partial charge in [0.1, 0.15) is 12.2 Å². The van der Waals surface area contributed by atoms with Crippen LogP contribution in [0.4, 0.5) is 5.69 Å². The average molecular weight is 227 g/mol. The lowest BCUT2D eigenvalue weighted by Crippen LogP contribution is -2.23. The van der Waals surface area contributed by atoms with E-state index in [2.05, 4.69) is 4.99 Å². The molecule has 0 aromatic heterocycles. The molecule has 3 rings (SSSR count). The van der Waals surface area contributed by atoms with Gasteiger partial charge >= 0.3 is 0 Å². The van der Waals surface area contributed by atoms with Crippen molar-refractivity contribution in [2.45, 2.75) is 18.6 Å². The highest BCUT2D eigenvalue weighted by atomic mass is 16.3. The van der Waals surface area contributed by atoms with Crippen LogP contribution in [-0.2, 0) is 0 Å². The quantitative estimate of drug-likeness (QED) is 0.712. The van der Waals surface area contributed by atoms with Crippen molar-refractivity contribution in [1.29, 1.82) is 0 Å². The molecule has 0 unspecified atom stereocenters. The molecule has 1 aliphatic heterocycles. The van der Waals surface area contributed by atoms with Gasteiger partial charge in [-0.05, 0) is 18.6 Å². The zero-order valence-corrected chi connectivity index (χ0v) is 9.24. The molecule has 0 radical (unpaired) electrons. The van der Waals surface area contributed by atoms with Gasteiger partial charge in [-0.1, -0.05) is 30.4 Å². The minimum Gasteiger partial charge on any atom is -0.385 e. The van der Waals surface area contributed by atoms with Gasteiger partial charge in [-0.15, -0.1) is 0 Å². The number of allylic oxidation sites excluding steroid dienone is 3. The second-order valence-electron chi connectivity index (χ2n) is 4.24. The third kappa shape index (κ3) is 1.64. The molecule has 1 aromatic rings. The minimum absolute atomic E-state index is 0.677. The summed E-state index contributed by atoms with van der Waals surface area (Å²) in [7, 11) is 0. The van der Waals surface area contributed by atoms with Crippen LogP contribution in [0.5, 0.6) is 0 Å². The number of rotatable bonds is 0. The van der Waals surface area contributed by atoms with Gasteiger partial charge in [0.2, 0.25) is 0 Å². The minimum atomic E-state index is -0.912. The molecular formula is C14H13NO2. The SMILES string of the molecule is O[C@@H]1C2=CCC=CC2=Nc2ccccc2[C@H]1O. The van der Waals surface area contributed by atoms with Crippen LogP contribution >= 0.6 is 0 Å². The molecule has 1 aromatic carbocycles. The number of aliphatic hydroxyl groups is 2. The van der Waals surface area contributed by atoms with Crippen LogP contribution in [0.2, 0.25) is 0 Å². The summed E-state index contributed by atoms with van der Waals surface area (Å²) < 4.78 is 0. The van der Waals surface area contributed by atoms with Gasteiger partial charge in [0.15, 0.2) is 0 Å². The highest BCUT2D eigenvalue weighted by molar-refractivity contribution is 6.11. The van der Waals surface area contributed by atoms with Crippen molar-refractivity contribution in [1.82, 2.24) is 0 Å². The lowest BCUT2D eigenvalue weighted by molar-refractivity contribution is 0.0454. The maximum Gasteiger partial charge on any atom is 0.111 e. The van der Waals surface area contributed by atoms with Gasteiger partial charge in [-0.3, -0.25) is 0 Å². The van der Waals surface area contributed by atoms with Gasteiger partial charge in [0, 0.05) is 11.1 Å². The lowest BCUT2D eigenvalue weighted by atomic mass is 9.93. The lowest BCUT2D eigenvalue weighted by Gasteiger charge is -2.20. The molecule has 3 nitrogen and oxygen atoms in total. The first-order valence-electron chi connectivity index (χ1n) is 5.68. The standard InChI is InChI=1S/C14H13NO2/c16-13-9-5-1-3-7-11(9)15-12-8-4-2-6-10(12)14(13)17/h1,3-8,13-14,16-17H,2H2/t13-,14-/m1/s1. The zero-order valence-electron chi connectivity index (χ0n) is 9.24. The van der Waals surface area contributed by atoms with E-state index in [0.29, 0.717) is 5.56 Å². The van der Waals surface area contributed by atoms with Gasteiger partial charge in [0.05, 0.1) is 11.4 Å². The van der Waals surface area contributed by atoms with Crippen molar-refractivity contribution in [3.05, 3.63) is 53.6 Å². The largest absolute Gasteiger partial charge is 0.385 e. The number of para-hydroxylation sites is 1. The predicted molar refractivity (Wildman–Crippen MR) is 66.3 cm³/mol. The fourth-order valence-electron chi connectivity index (χ4n) is 2.26. The summed E-state index contributed by atoms with van der Waals surface area (Å²) in [6, 6.07) is 7.37. The van der Waals surface area contributed by atoms with E-state index in [0.717, 1.165) is 23.4 Å². The van der Waals surface area contributed by atoms with Crippen molar-refractivity contribution >= 4 is 11.4 Å². The van der Waals surface area contributed by atoms with E-state index in [4.69, 9.17) is 0 Å². The highest BCUT2D eigenvalue weighted by Crippen LogP contribution is 2.35. The molecule has 86 valence electrons. The van der Waals surface area contributed by atoms with Gasteiger partial charge in [-0.25, -0.2) is 4.99 Å². The maximum atomic E-state index is 10.2. The van der Waals surface area contributed by atoms with E-state index in [1.807, 2.05) is 36.4 Å². The fraction of sp³-hybridized carbons (Fsp3) is 0.214. The highest BCUT2D eigenvalue weighted by Gasteiger charge is 2.29. The van der Waals surface area contributed by atoms with Crippen LogP contribution in [0.15, 0.2) is 53.1 Å². The second kappa shape index (κ2) is 3.95. The first-order valence-corrected chi connectivity index (χ1v) is 5.68. The molecule has 0 saturated carbocycles. The smallest absolute Gasteiger partial charge is 0.111 e. The van der Waals surface area contributed by atoms with E-state index >= 15 is 0 Å². The van der Waals surface area contributed by atoms with Crippen LogP contribution in [0, 0.1) is 0 Å². The number of hydrogen-bond acceptors (Lipinski definition) is 3. The third-order valence-corrected chi connectivity index (χ3v) is 3.16. The van der Waals surface area contributed by atoms with Crippen LogP contribution in [0.25, 0.3) is 0 Å². The van der Waals surface area contributed by atoms with Crippen LogP contribution in [0.1, 0.15) is 18.1 Å². The molecular weight excluding hydrogens is 214 g/mol. The molecule has 2 N–H and O–H groups in total. The average Bonchev–Trinajstić information content (AvgIpc) is 2.48. The van der Waals surface area contributed by atoms with E-state index in [9.17, 15) is 10.2 Å². The number of hydrogen-bond donors (Lipinski definition) is 2. The normalized spacial score (nSPS) is 26.5. The summed E-state index contributed by atoms with van der Waals surface area (Å²) in [6.07, 6.45) is 4.77. The predicted octanol–water partition coefficient (Wildman–Crippen LogP) is 2.05. The Morgan fingerprint density at radius 1 is 1.12 bits per heavy atom. The van der Waals surface area contributed by atoms with Crippen molar-refractivity contribution in [2.24, 2.45) is 4.99 Å². The summed E-state index contributed by atoms with van der Waals surface area (Å²) in [5.41, 5.74) is 2.86. The number of benzene rings is 1. The van der Waals surface area contributed by atoms with E-state index in [1.54, 1.807) is 6.07 Å². The fourth-order valence-corrected chi connectivity index (χ4v) is 2.26. The molecule has 0 bridgehead atoms. The molecule has 2 aliphatic rings. The van der Waals surface area contributed by atoms with Crippen molar-refractivity contribution in [2.75, 3.05) is 0 Å². The Labute approximate surface area is 99.4 Å². The molecule has 0 spiro atoms. The van der Waals surface area contributed by atoms with Gasteiger partial charge in [-0.2, -0.15) is 0 Å². The van der Waals surface area contributed by atoms with Crippen LogP contribution < -0.4 is 0 Å². The molecule has 0 fully saturated rings. The zero-order chi connectivity index (χ0) is 11.8.